The molecule has 0 atom stereocenters. The second-order valence-electron chi connectivity index (χ2n) is 3.79. The highest BCUT2D eigenvalue weighted by molar-refractivity contribution is 7.98. The van der Waals surface area contributed by atoms with Crippen LogP contribution in [-0.4, -0.2) is 11.4 Å². The minimum absolute atomic E-state index is 0.520. The summed E-state index contributed by atoms with van der Waals surface area (Å²) < 4.78 is 0. The molecule has 2 aromatic rings. The van der Waals surface area contributed by atoms with Crippen LogP contribution in [0.25, 0.3) is 0 Å². The van der Waals surface area contributed by atoms with Crippen LogP contribution in [0, 0.1) is 0 Å². The summed E-state index contributed by atoms with van der Waals surface area (Å²) in [7, 11) is 0. The molecule has 2 aromatic carbocycles. The molecular formula is C14H13ClN2S2. The highest BCUT2D eigenvalue weighted by Crippen LogP contribution is 2.22. The van der Waals surface area contributed by atoms with E-state index in [4.69, 9.17) is 23.8 Å². The van der Waals surface area contributed by atoms with Crippen molar-refractivity contribution in [2.45, 2.75) is 4.90 Å². The zero-order valence-corrected chi connectivity index (χ0v) is 12.7. The molecule has 2 N–H and O–H groups in total. The number of para-hydroxylation sites is 1. The molecule has 0 saturated carbocycles. The summed E-state index contributed by atoms with van der Waals surface area (Å²) in [5.74, 6) is 0. The van der Waals surface area contributed by atoms with Crippen LogP contribution in [0.4, 0.5) is 11.4 Å². The molecule has 0 heterocycles. The highest BCUT2D eigenvalue weighted by Gasteiger charge is 2.02. The zero-order chi connectivity index (χ0) is 13.7. The third-order valence-corrected chi connectivity index (χ3v) is 3.71. The van der Waals surface area contributed by atoms with Gasteiger partial charge in [-0.05, 0) is 48.8 Å². The van der Waals surface area contributed by atoms with Crippen molar-refractivity contribution < 1.29 is 0 Å². The van der Waals surface area contributed by atoms with Crippen molar-refractivity contribution >= 4 is 52.1 Å². The smallest absolute Gasteiger partial charge is 0.175 e. The second-order valence-corrected chi connectivity index (χ2v) is 5.49. The molecule has 0 radical (unpaired) electrons. The van der Waals surface area contributed by atoms with Gasteiger partial charge in [0.1, 0.15) is 0 Å². The monoisotopic (exact) mass is 308 g/mol. The van der Waals surface area contributed by atoms with Gasteiger partial charge in [-0.15, -0.1) is 11.8 Å². The Labute approximate surface area is 127 Å². The Morgan fingerprint density at radius 1 is 1.11 bits per heavy atom. The number of halogens is 1. The van der Waals surface area contributed by atoms with E-state index < -0.39 is 0 Å². The lowest BCUT2D eigenvalue weighted by Gasteiger charge is -2.12. The second kappa shape index (κ2) is 6.80. The van der Waals surface area contributed by atoms with Gasteiger partial charge in [-0.3, -0.25) is 0 Å². The van der Waals surface area contributed by atoms with Crippen molar-refractivity contribution in [1.29, 1.82) is 0 Å². The molecule has 0 fully saturated rings. The number of thioether (sulfide) groups is 1. The minimum atomic E-state index is 0.520. The van der Waals surface area contributed by atoms with Crippen LogP contribution >= 0.6 is 35.6 Å². The van der Waals surface area contributed by atoms with Gasteiger partial charge < -0.3 is 10.6 Å². The van der Waals surface area contributed by atoms with Crippen molar-refractivity contribution in [3.05, 3.63) is 53.6 Å². The van der Waals surface area contributed by atoms with Crippen LogP contribution in [0.15, 0.2) is 53.4 Å². The quantitative estimate of drug-likeness (QED) is 0.624. The lowest BCUT2D eigenvalue weighted by atomic mass is 10.3. The average molecular weight is 309 g/mol. The maximum absolute atomic E-state index is 6.07. The Kier molecular flexibility index (Phi) is 5.07. The van der Waals surface area contributed by atoms with E-state index >= 15 is 0 Å². The van der Waals surface area contributed by atoms with E-state index in [2.05, 4.69) is 16.7 Å². The summed E-state index contributed by atoms with van der Waals surface area (Å²) in [6.45, 7) is 0. The fraction of sp³-hybridized carbons (Fsp3) is 0.0714. The number of benzene rings is 2. The third kappa shape index (κ3) is 4.13. The van der Waals surface area contributed by atoms with E-state index in [1.807, 2.05) is 48.7 Å². The van der Waals surface area contributed by atoms with Crippen LogP contribution in [0.5, 0.6) is 0 Å². The molecule has 5 heteroatoms. The Hall–Kier alpha value is -1.23. The summed E-state index contributed by atoms with van der Waals surface area (Å²) in [6.07, 6.45) is 2.04. The van der Waals surface area contributed by atoms with Crippen molar-refractivity contribution in [3.63, 3.8) is 0 Å². The minimum Gasteiger partial charge on any atom is -0.332 e. The zero-order valence-electron chi connectivity index (χ0n) is 10.3. The van der Waals surface area contributed by atoms with Gasteiger partial charge in [-0.2, -0.15) is 0 Å². The summed E-state index contributed by atoms with van der Waals surface area (Å²) >= 11 is 13.0. The summed E-state index contributed by atoms with van der Waals surface area (Å²) in [5, 5.41) is 7.38. The first kappa shape index (κ1) is 14.2. The predicted molar refractivity (Wildman–Crippen MR) is 89.5 cm³/mol. The third-order valence-electron chi connectivity index (χ3n) is 2.45. The molecule has 0 spiro atoms. The molecule has 0 aliphatic heterocycles. The number of nitrogens with one attached hydrogen (secondary N) is 2. The lowest BCUT2D eigenvalue weighted by Crippen LogP contribution is -2.19. The first-order valence-electron chi connectivity index (χ1n) is 5.65. The van der Waals surface area contributed by atoms with Crippen LogP contribution in [0.2, 0.25) is 5.02 Å². The number of hydrogen-bond acceptors (Lipinski definition) is 2. The maximum atomic E-state index is 6.07. The SMILES string of the molecule is CSc1cccc(NC(=S)Nc2ccccc2Cl)c1. The first-order chi connectivity index (χ1) is 9.19. The number of rotatable bonds is 3. The lowest BCUT2D eigenvalue weighted by molar-refractivity contribution is 1.46. The fourth-order valence-electron chi connectivity index (χ4n) is 1.55. The van der Waals surface area contributed by atoms with Gasteiger partial charge in [-0.1, -0.05) is 29.8 Å². The van der Waals surface area contributed by atoms with Crippen molar-refractivity contribution in [2.24, 2.45) is 0 Å². The maximum Gasteiger partial charge on any atom is 0.175 e. The van der Waals surface area contributed by atoms with E-state index in [0.29, 0.717) is 10.1 Å². The Bertz CT molecular complexity index is 587. The Morgan fingerprint density at radius 2 is 1.89 bits per heavy atom. The van der Waals surface area contributed by atoms with Crippen LogP contribution in [0.3, 0.4) is 0 Å². The first-order valence-corrected chi connectivity index (χ1v) is 7.67. The van der Waals surface area contributed by atoms with Gasteiger partial charge in [0.05, 0.1) is 10.7 Å². The summed E-state index contributed by atoms with van der Waals surface area (Å²) in [4.78, 5) is 1.19. The van der Waals surface area contributed by atoms with Crippen LogP contribution in [-0.2, 0) is 0 Å². The molecule has 98 valence electrons. The van der Waals surface area contributed by atoms with E-state index in [1.54, 1.807) is 11.8 Å². The summed E-state index contributed by atoms with van der Waals surface area (Å²) in [5.41, 5.74) is 1.75. The Balaban J connectivity index is 2.03. The molecule has 0 saturated heterocycles. The molecular weight excluding hydrogens is 296 g/mol. The average Bonchev–Trinajstić information content (AvgIpc) is 2.41. The van der Waals surface area contributed by atoms with Gasteiger partial charge in [0.2, 0.25) is 0 Å². The molecule has 19 heavy (non-hydrogen) atoms. The van der Waals surface area contributed by atoms with Crippen molar-refractivity contribution in [1.82, 2.24) is 0 Å². The molecule has 0 unspecified atom stereocenters. The normalized spacial score (nSPS) is 10.0. The van der Waals surface area contributed by atoms with E-state index in [1.165, 1.54) is 4.90 Å². The molecule has 0 aromatic heterocycles. The van der Waals surface area contributed by atoms with Gasteiger partial charge in [0.25, 0.3) is 0 Å². The molecule has 0 aliphatic rings. The predicted octanol–water partition coefficient (Wildman–Crippen LogP) is 4.87. The van der Waals surface area contributed by atoms with Crippen LogP contribution < -0.4 is 10.6 Å². The van der Waals surface area contributed by atoms with Crippen molar-refractivity contribution in [2.75, 3.05) is 16.9 Å². The molecule has 0 aliphatic carbocycles. The molecule has 2 rings (SSSR count). The van der Waals surface area contributed by atoms with E-state index in [0.717, 1.165) is 11.4 Å². The van der Waals surface area contributed by atoms with E-state index in [9.17, 15) is 0 Å². The Morgan fingerprint density at radius 3 is 2.63 bits per heavy atom. The molecule has 0 amide bonds. The topological polar surface area (TPSA) is 24.1 Å². The number of thiocarbonyl (C=S) groups is 1. The number of hydrogen-bond donors (Lipinski definition) is 2. The van der Waals surface area contributed by atoms with Crippen molar-refractivity contribution in [3.8, 4) is 0 Å². The van der Waals surface area contributed by atoms with Gasteiger partial charge in [0.15, 0.2) is 5.11 Å². The molecule has 2 nitrogen and oxygen atoms in total. The van der Waals surface area contributed by atoms with Gasteiger partial charge in [0, 0.05) is 10.6 Å². The van der Waals surface area contributed by atoms with Crippen LogP contribution in [0.1, 0.15) is 0 Å². The fourth-order valence-corrected chi connectivity index (χ4v) is 2.42. The molecule has 0 bridgehead atoms. The largest absolute Gasteiger partial charge is 0.332 e. The summed E-state index contributed by atoms with van der Waals surface area (Å²) in [6, 6.07) is 15.6. The standard InChI is InChI=1S/C14H13ClN2S2/c1-19-11-6-4-5-10(9-11)16-14(18)17-13-8-3-2-7-12(13)15/h2-9H,1H3,(H2,16,17,18). The number of anilines is 2. The van der Waals surface area contributed by atoms with Gasteiger partial charge >= 0.3 is 0 Å². The van der Waals surface area contributed by atoms with E-state index in [-0.39, 0.29) is 0 Å². The highest BCUT2D eigenvalue weighted by atomic mass is 35.5. The van der Waals surface area contributed by atoms with Gasteiger partial charge in [-0.25, -0.2) is 0 Å².